The highest BCUT2D eigenvalue weighted by Gasteiger charge is 2.38. The molecule has 0 radical (unpaired) electrons. The first-order valence-corrected chi connectivity index (χ1v) is 8.99. The summed E-state index contributed by atoms with van der Waals surface area (Å²) in [6.07, 6.45) is 0.694. The van der Waals surface area contributed by atoms with Crippen molar-refractivity contribution in [3.05, 3.63) is 42.5 Å². The van der Waals surface area contributed by atoms with E-state index in [4.69, 9.17) is 5.73 Å². The minimum absolute atomic E-state index is 0.0375. The van der Waals surface area contributed by atoms with Crippen LogP contribution in [0.15, 0.2) is 47.4 Å². The lowest BCUT2D eigenvalue weighted by Gasteiger charge is -2.41. The van der Waals surface area contributed by atoms with Gasteiger partial charge in [-0.2, -0.15) is 4.31 Å². The molecule has 4 nitrogen and oxygen atoms in total. The number of nitrogens with zero attached hydrogens (tertiary/aromatic N) is 1. The first kappa shape index (κ1) is 15.5. The van der Waals surface area contributed by atoms with E-state index in [-0.39, 0.29) is 11.5 Å². The van der Waals surface area contributed by atoms with Gasteiger partial charge in [-0.15, -0.1) is 0 Å². The zero-order valence-electron chi connectivity index (χ0n) is 13.0. The number of hydrogen-bond donors (Lipinski definition) is 1. The number of hydrogen-bond acceptors (Lipinski definition) is 3. The average molecular weight is 318 g/mol. The zero-order chi connectivity index (χ0) is 16.0. The Bertz CT molecular complexity index is 799. The van der Waals surface area contributed by atoms with Gasteiger partial charge in [-0.05, 0) is 34.7 Å². The van der Waals surface area contributed by atoms with E-state index in [0.717, 1.165) is 10.8 Å². The number of fused-ring (bicyclic) bond motifs is 1. The molecule has 1 aliphatic rings. The van der Waals surface area contributed by atoms with Crippen molar-refractivity contribution in [3.8, 4) is 0 Å². The molecule has 0 amide bonds. The van der Waals surface area contributed by atoms with Gasteiger partial charge < -0.3 is 5.73 Å². The van der Waals surface area contributed by atoms with Gasteiger partial charge in [0.25, 0.3) is 0 Å². The van der Waals surface area contributed by atoms with Crippen LogP contribution < -0.4 is 5.73 Å². The van der Waals surface area contributed by atoms with Crippen molar-refractivity contribution < 1.29 is 8.42 Å². The molecule has 0 saturated carbocycles. The predicted molar refractivity (Wildman–Crippen MR) is 89.1 cm³/mol. The minimum atomic E-state index is -3.47. The van der Waals surface area contributed by atoms with E-state index in [2.05, 4.69) is 0 Å². The fourth-order valence-electron chi connectivity index (χ4n) is 3.01. The van der Waals surface area contributed by atoms with Gasteiger partial charge in [0, 0.05) is 19.1 Å². The molecule has 2 N–H and O–H groups in total. The normalized spacial score (nSPS) is 22.8. The summed E-state index contributed by atoms with van der Waals surface area (Å²) in [4.78, 5) is 0.359. The Labute approximate surface area is 132 Å². The molecule has 1 aliphatic heterocycles. The van der Waals surface area contributed by atoms with E-state index in [9.17, 15) is 8.42 Å². The summed E-state index contributed by atoms with van der Waals surface area (Å²) < 4.78 is 27.4. The van der Waals surface area contributed by atoms with Gasteiger partial charge in [0.2, 0.25) is 10.0 Å². The average Bonchev–Trinajstić information content (AvgIpc) is 2.49. The van der Waals surface area contributed by atoms with Crippen LogP contribution in [0.5, 0.6) is 0 Å². The van der Waals surface area contributed by atoms with Crippen LogP contribution in [0.2, 0.25) is 0 Å². The number of nitrogens with two attached hydrogens (primary N) is 1. The third kappa shape index (κ3) is 2.64. The quantitative estimate of drug-likeness (QED) is 0.925. The second-order valence-electron chi connectivity index (χ2n) is 6.73. The Morgan fingerprint density at radius 2 is 1.82 bits per heavy atom. The lowest BCUT2D eigenvalue weighted by Crippen LogP contribution is -2.53. The van der Waals surface area contributed by atoms with E-state index >= 15 is 0 Å². The topological polar surface area (TPSA) is 63.4 Å². The summed E-state index contributed by atoms with van der Waals surface area (Å²) in [7, 11) is -3.47. The molecule has 1 heterocycles. The standard InChI is InChI=1S/C17H22N2O2S/c1-17(2)12-19(10-9-16(17)18)22(20,21)15-8-7-13-5-3-4-6-14(13)11-15/h3-8,11,16H,9-10,12,18H2,1-2H3. The predicted octanol–water partition coefficient (Wildman–Crippen LogP) is 2.59. The van der Waals surface area contributed by atoms with Crippen LogP contribution in [0.4, 0.5) is 0 Å². The second-order valence-corrected chi connectivity index (χ2v) is 8.67. The van der Waals surface area contributed by atoms with Crippen LogP contribution in [0.1, 0.15) is 20.3 Å². The molecular formula is C17H22N2O2S. The largest absolute Gasteiger partial charge is 0.327 e. The Morgan fingerprint density at radius 3 is 2.50 bits per heavy atom. The molecule has 118 valence electrons. The monoisotopic (exact) mass is 318 g/mol. The molecule has 0 bridgehead atoms. The van der Waals surface area contributed by atoms with Gasteiger partial charge in [0.15, 0.2) is 0 Å². The van der Waals surface area contributed by atoms with Crippen molar-refractivity contribution >= 4 is 20.8 Å². The molecule has 1 atom stereocenters. The van der Waals surface area contributed by atoms with Crippen molar-refractivity contribution in [2.24, 2.45) is 11.1 Å². The third-order valence-electron chi connectivity index (χ3n) is 4.64. The Hall–Kier alpha value is -1.43. The first-order chi connectivity index (χ1) is 10.3. The molecule has 3 rings (SSSR count). The minimum Gasteiger partial charge on any atom is -0.327 e. The number of benzene rings is 2. The third-order valence-corrected chi connectivity index (χ3v) is 6.48. The van der Waals surface area contributed by atoms with Crippen LogP contribution in [-0.2, 0) is 10.0 Å². The van der Waals surface area contributed by atoms with Crippen molar-refractivity contribution in [1.29, 1.82) is 0 Å². The molecule has 0 aromatic heterocycles. The smallest absolute Gasteiger partial charge is 0.243 e. The van der Waals surface area contributed by atoms with Gasteiger partial charge in [0.1, 0.15) is 0 Å². The summed E-state index contributed by atoms with van der Waals surface area (Å²) in [5.41, 5.74) is 5.90. The lowest BCUT2D eigenvalue weighted by atomic mass is 9.81. The van der Waals surface area contributed by atoms with Crippen LogP contribution >= 0.6 is 0 Å². The summed E-state index contributed by atoms with van der Waals surface area (Å²) in [6, 6.07) is 13.1. The SMILES string of the molecule is CC1(C)CN(S(=O)(=O)c2ccc3ccccc3c2)CCC1N. The van der Waals surface area contributed by atoms with E-state index in [0.29, 0.717) is 24.4 Å². The molecule has 1 fully saturated rings. The number of piperidine rings is 1. The van der Waals surface area contributed by atoms with Crippen LogP contribution in [0.3, 0.4) is 0 Å². The van der Waals surface area contributed by atoms with Crippen LogP contribution in [0.25, 0.3) is 10.8 Å². The fourth-order valence-corrected chi connectivity index (χ4v) is 4.67. The maximum Gasteiger partial charge on any atom is 0.243 e. The van der Waals surface area contributed by atoms with E-state index < -0.39 is 10.0 Å². The van der Waals surface area contributed by atoms with Crippen molar-refractivity contribution in [3.63, 3.8) is 0 Å². The molecule has 2 aromatic rings. The van der Waals surface area contributed by atoms with Crippen molar-refractivity contribution in [2.45, 2.75) is 31.2 Å². The summed E-state index contributed by atoms with van der Waals surface area (Å²) in [5.74, 6) is 0. The molecule has 0 aliphatic carbocycles. The summed E-state index contributed by atoms with van der Waals surface area (Å²) in [5, 5.41) is 1.99. The Kier molecular flexibility index (Phi) is 3.75. The number of rotatable bonds is 2. The van der Waals surface area contributed by atoms with Gasteiger partial charge in [0.05, 0.1) is 4.90 Å². The van der Waals surface area contributed by atoms with Gasteiger partial charge >= 0.3 is 0 Å². The second kappa shape index (κ2) is 5.33. The van der Waals surface area contributed by atoms with Crippen LogP contribution in [-0.4, -0.2) is 31.9 Å². The molecule has 2 aromatic carbocycles. The highest BCUT2D eigenvalue weighted by Crippen LogP contribution is 2.31. The lowest BCUT2D eigenvalue weighted by molar-refractivity contribution is 0.155. The van der Waals surface area contributed by atoms with E-state index in [1.165, 1.54) is 0 Å². The van der Waals surface area contributed by atoms with Gasteiger partial charge in [-0.3, -0.25) is 0 Å². The molecule has 0 spiro atoms. The molecule has 22 heavy (non-hydrogen) atoms. The summed E-state index contributed by atoms with van der Waals surface area (Å²) in [6.45, 7) is 5.00. The van der Waals surface area contributed by atoms with Crippen molar-refractivity contribution in [2.75, 3.05) is 13.1 Å². The van der Waals surface area contributed by atoms with Crippen molar-refractivity contribution in [1.82, 2.24) is 4.31 Å². The van der Waals surface area contributed by atoms with Gasteiger partial charge in [-0.1, -0.05) is 44.2 Å². The molecule has 5 heteroatoms. The maximum atomic E-state index is 12.9. The zero-order valence-corrected chi connectivity index (χ0v) is 13.8. The van der Waals surface area contributed by atoms with E-state index in [1.54, 1.807) is 16.4 Å². The van der Waals surface area contributed by atoms with Crippen LogP contribution in [0, 0.1) is 5.41 Å². The molecule has 1 unspecified atom stereocenters. The molecular weight excluding hydrogens is 296 g/mol. The Morgan fingerprint density at radius 1 is 1.14 bits per heavy atom. The van der Waals surface area contributed by atoms with E-state index in [1.807, 2.05) is 44.2 Å². The summed E-state index contributed by atoms with van der Waals surface area (Å²) >= 11 is 0. The highest BCUT2D eigenvalue weighted by atomic mass is 32.2. The first-order valence-electron chi connectivity index (χ1n) is 7.55. The highest BCUT2D eigenvalue weighted by molar-refractivity contribution is 7.89. The maximum absolute atomic E-state index is 12.9. The van der Waals surface area contributed by atoms with Gasteiger partial charge in [-0.25, -0.2) is 8.42 Å². The number of sulfonamides is 1. The molecule has 1 saturated heterocycles. The Balaban J connectivity index is 1.98. The fraction of sp³-hybridized carbons (Fsp3) is 0.412.